The van der Waals surface area contributed by atoms with Crippen molar-refractivity contribution < 1.29 is 4.21 Å². The first-order valence-corrected chi connectivity index (χ1v) is 7.82. The van der Waals surface area contributed by atoms with Gasteiger partial charge in [-0.3, -0.25) is 4.21 Å². The molecule has 20 heavy (non-hydrogen) atoms. The van der Waals surface area contributed by atoms with Crippen LogP contribution in [0.25, 0.3) is 5.57 Å². The summed E-state index contributed by atoms with van der Waals surface area (Å²) in [6.07, 6.45) is 0. The molecule has 0 bridgehead atoms. The van der Waals surface area contributed by atoms with Crippen molar-refractivity contribution in [2.45, 2.75) is 30.4 Å². The third-order valence-corrected chi connectivity index (χ3v) is 4.96. The summed E-state index contributed by atoms with van der Waals surface area (Å²) in [4.78, 5) is 0.855. The van der Waals surface area contributed by atoms with E-state index in [0.717, 1.165) is 21.6 Å². The molecule has 0 aliphatic rings. The molecule has 0 saturated heterocycles. The SMILES string of the molecule is C=C(c1ccccc1)c1ccccc1S(=O)C(C)(C)C. The van der Waals surface area contributed by atoms with Gasteiger partial charge in [0.05, 0.1) is 10.8 Å². The van der Waals surface area contributed by atoms with Gasteiger partial charge in [-0.15, -0.1) is 0 Å². The van der Waals surface area contributed by atoms with E-state index >= 15 is 0 Å². The predicted molar refractivity (Wildman–Crippen MR) is 87.2 cm³/mol. The van der Waals surface area contributed by atoms with Gasteiger partial charge in [0.15, 0.2) is 0 Å². The van der Waals surface area contributed by atoms with E-state index in [0.29, 0.717) is 0 Å². The summed E-state index contributed by atoms with van der Waals surface area (Å²) in [6.45, 7) is 10.2. The maximum absolute atomic E-state index is 12.7. The van der Waals surface area contributed by atoms with Gasteiger partial charge in [0.25, 0.3) is 0 Å². The number of rotatable bonds is 3. The maximum atomic E-state index is 12.7. The van der Waals surface area contributed by atoms with Crippen LogP contribution in [0.2, 0.25) is 0 Å². The Morgan fingerprint density at radius 1 is 0.950 bits per heavy atom. The van der Waals surface area contributed by atoms with Gasteiger partial charge < -0.3 is 0 Å². The molecular weight excluding hydrogens is 264 g/mol. The minimum Gasteiger partial charge on any atom is -0.254 e. The van der Waals surface area contributed by atoms with Crippen molar-refractivity contribution in [2.75, 3.05) is 0 Å². The monoisotopic (exact) mass is 284 g/mol. The second kappa shape index (κ2) is 5.76. The molecule has 0 fully saturated rings. The van der Waals surface area contributed by atoms with Crippen LogP contribution in [0.3, 0.4) is 0 Å². The first-order valence-electron chi connectivity index (χ1n) is 6.67. The van der Waals surface area contributed by atoms with E-state index in [9.17, 15) is 4.21 Å². The molecule has 0 spiro atoms. The molecule has 0 amide bonds. The molecule has 0 heterocycles. The topological polar surface area (TPSA) is 17.1 Å². The molecule has 2 aromatic carbocycles. The van der Waals surface area contributed by atoms with Crippen LogP contribution < -0.4 is 0 Å². The fourth-order valence-electron chi connectivity index (χ4n) is 2.00. The number of hydrogen-bond donors (Lipinski definition) is 0. The van der Waals surface area contributed by atoms with Crippen molar-refractivity contribution in [3.05, 3.63) is 72.3 Å². The zero-order valence-electron chi connectivity index (χ0n) is 12.2. The molecule has 2 heteroatoms. The normalized spacial score (nSPS) is 12.9. The van der Waals surface area contributed by atoms with Crippen LogP contribution in [0.15, 0.2) is 66.1 Å². The van der Waals surface area contributed by atoms with Gasteiger partial charge in [0.2, 0.25) is 0 Å². The van der Waals surface area contributed by atoms with Gasteiger partial charge in [-0.05, 0) is 43.5 Å². The van der Waals surface area contributed by atoms with Crippen LogP contribution in [-0.4, -0.2) is 8.96 Å². The third-order valence-electron chi connectivity index (χ3n) is 3.09. The van der Waals surface area contributed by atoms with Gasteiger partial charge in [-0.1, -0.05) is 55.1 Å². The van der Waals surface area contributed by atoms with Crippen LogP contribution in [-0.2, 0) is 10.8 Å². The van der Waals surface area contributed by atoms with Crippen LogP contribution in [0.4, 0.5) is 0 Å². The summed E-state index contributed by atoms with van der Waals surface area (Å²) in [5.41, 5.74) is 2.94. The Balaban J connectivity index is 2.49. The van der Waals surface area contributed by atoms with Crippen LogP contribution in [0.5, 0.6) is 0 Å². The summed E-state index contributed by atoms with van der Waals surface area (Å²) >= 11 is 0. The highest BCUT2D eigenvalue weighted by atomic mass is 32.2. The van der Waals surface area contributed by atoms with Crippen molar-refractivity contribution >= 4 is 16.4 Å². The van der Waals surface area contributed by atoms with E-state index in [2.05, 4.69) is 6.58 Å². The summed E-state index contributed by atoms with van der Waals surface area (Å²) in [7, 11) is -1.07. The Morgan fingerprint density at radius 3 is 2.10 bits per heavy atom. The van der Waals surface area contributed by atoms with Gasteiger partial charge in [-0.2, -0.15) is 0 Å². The van der Waals surface area contributed by atoms with Gasteiger partial charge >= 0.3 is 0 Å². The van der Waals surface area contributed by atoms with E-state index < -0.39 is 10.8 Å². The highest BCUT2D eigenvalue weighted by Crippen LogP contribution is 2.30. The molecule has 104 valence electrons. The molecule has 0 aliphatic carbocycles. The standard InChI is InChI=1S/C18H20OS/c1-14(15-10-6-5-7-11-15)16-12-8-9-13-17(16)20(19)18(2,3)4/h5-13H,1H2,2-4H3. The van der Waals surface area contributed by atoms with Crippen molar-refractivity contribution in [1.29, 1.82) is 0 Å². The lowest BCUT2D eigenvalue weighted by Gasteiger charge is -2.20. The van der Waals surface area contributed by atoms with Crippen molar-refractivity contribution in [2.24, 2.45) is 0 Å². The Bertz CT molecular complexity index is 636. The largest absolute Gasteiger partial charge is 0.254 e. The molecular formula is C18H20OS. The van der Waals surface area contributed by atoms with Gasteiger partial charge in [-0.25, -0.2) is 0 Å². The molecule has 0 radical (unpaired) electrons. The minimum atomic E-state index is -1.07. The smallest absolute Gasteiger partial charge is 0.0589 e. The second-order valence-corrected chi connectivity index (χ2v) is 7.92. The summed E-state index contributed by atoms with van der Waals surface area (Å²) in [5, 5.41) is 0. The first kappa shape index (κ1) is 14.7. The van der Waals surface area contributed by atoms with Crippen molar-refractivity contribution in [1.82, 2.24) is 0 Å². The van der Waals surface area contributed by atoms with E-state index in [4.69, 9.17) is 0 Å². The third kappa shape index (κ3) is 3.07. The molecule has 1 atom stereocenters. The molecule has 2 aromatic rings. The molecule has 1 unspecified atom stereocenters. The Morgan fingerprint density at radius 2 is 1.50 bits per heavy atom. The lowest BCUT2D eigenvalue weighted by Crippen LogP contribution is -2.22. The lowest BCUT2D eigenvalue weighted by molar-refractivity contribution is 0.648. The zero-order chi connectivity index (χ0) is 14.8. The van der Waals surface area contributed by atoms with Crippen LogP contribution in [0.1, 0.15) is 31.9 Å². The van der Waals surface area contributed by atoms with Gasteiger partial charge in [0, 0.05) is 9.64 Å². The van der Waals surface area contributed by atoms with E-state index in [1.54, 1.807) is 0 Å². The molecule has 1 nitrogen and oxygen atoms in total. The highest BCUT2D eigenvalue weighted by Gasteiger charge is 2.24. The number of benzene rings is 2. The Labute approximate surface area is 123 Å². The molecule has 2 rings (SSSR count). The Kier molecular flexibility index (Phi) is 4.24. The second-order valence-electron chi connectivity index (χ2n) is 5.72. The van der Waals surface area contributed by atoms with Crippen molar-refractivity contribution in [3.63, 3.8) is 0 Å². The lowest BCUT2D eigenvalue weighted by atomic mass is 10.00. The van der Waals surface area contributed by atoms with E-state index in [1.807, 2.05) is 75.4 Å². The van der Waals surface area contributed by atoms with Crippen molar-refractivity contribution in [3.8, 4) is 0 Å². The molecule has 0 saturated carbocycles. The van der Waals surface area contributed by atoms with Crippen LogP contribution in [0, 0.1) is 0 Å². The van der Waals surface area contributed by atoms with Gasteiger partial charge in [0.1, 0.15) is 0 Å². The zero-order valence-corrected chi connectivity index (χ0v) is 13.0. The average Bonchev–Trinajstić information content (AvgIpc) is 2.45. The minimum absolute atomic E-state index is 0.285. The summed E-state index contributed by atoms with van der Waals surface area (Å²) in [5.74, 6) is 0. The average molecular weight is 284 g/mol. The first-order chi connectivity index (χ1) is 9.41. The predicted octanol–water partition coefficient (Wildman–Crippen LogP) is 4.65. The van der Waals surface area contributed by atoms with E-state index in [-0.39, 0.29) is 4.75 Å². The fourth-order valence-corrected chi connectivity index (χ4v) is 3.26. The quantitative estimate of drug-likeness (QED) is 0.801. The van der Waals surface area contributed by atoms with Crippen LogP contribution >= 0.6 is 0 Å². The molecule has 0 aliphatic heterocycles. The highest BCUT2D eigenvalue weighted by molar-refractivity contribution is 7.86. The van der Waals surface area contributed by atoms with E-state index in [1.165, 1.54) is 0 Å². The summed E-state index contributed by atoms with van der Waals surface area (Å²) in [6, 6.07) is 17.8. The fraction of sp³-hybridized carbons (Fsp3) is 0.222. The Hall–Kier alpha value is -1.67. The number of hydrogen-bond acceptors (Lipinski definition) is 1. The maximum Gasteiger partial charge on any atom is 0.0589 e. The molecule has 0 N–H and O–H groups in total. The molecule has 0 aromatic heterocycles. The summed E-state index contributed by atoms with van der Waals surface area (Å²) < 4.78 is 12.4.